The van der Waals surface area contributed by atoms with E-state index in [0.717, 1.165) is 0 Å². The van der Waals surface area contributed by atoms with Crippen molar-refractivity contribution < 1.29 is 9.53 Å². The molecule has 1 amide bonds. The summed E-state index contributed by atoms with van der Waals surface area (Å²) in [7, 11) is 1.50. The molecule has 2 aromatic rings. The number of carbonyl (C=O) groups excluding carboxylic acids is 1. The van der Waals surface area contributed by atoms with Crippen LogP contribution in [0.2, 0.25) is 5.02 Å². The smallest absolute Gasteiger partial charge is 0.261 e. The van der Waals surface area contributed by atoms with E-state index < -0.39 is 5.91 Å². The minimum atomic E-state index is -0.497. The second-order valence-corrected chi connectivity index (χ2v) is 4.13. The van der Waals surface area contributed by atoms with Gasteiger partial charge in [-0.1, -0.05) is 11.6 Å². The number of hydrogen-bond acceptors (Lipinski definition) is 3. The summed E-state index contributed by atoms with van der Waals surface area (Å²) >= 11 is 5.95. The van der Waals surface area contributed by atoms with Crippen LogP contribution in [0.25, 0.3) is 0 Å². The molecule has 0 saturated heterocycles. The lowest BCUT2D eigenvalue weighted by atomic mass is 10.2. The zero-order chi connectivity index (χ0) is 13.8. The van der Waals surface area contributed by atoms with E-state index in [-0.39, 0.29) is 11.0 Å². The molecule has 1 aromatic carbocycles. The zero-order valence-electron chi connectivity index (χ0n) is 10.1. The van der Waals surface area contributed by atoms with Gasteiger partial charge in [0.25, 0.3) is 5.91 Å². The highest BCUT2D eigenvalue weighted by molar-refractivity contribution is 6.32. The van der Waals surface area contributed by atoms with Gasteiger partial charge < -0.3 is 15.0 Å². The maximum atomic E-state index is 11.9. The molecule has 1 aromatic heterocycles. The molecule has 2 N–H and O–H groups in total. The molecule has 0 bridgehead atoms. The summed E-state index contributed by atoms with van der Waals surface area (Å²) in [5.74, 6) is 0.0142. The lowest BCUT2D eigenvalue weighted by Gasteiger charge is -2.07. The quantitative estimate of drug-likeness (QED) is 0.905. The first-order chi connectivity index (χ1) is 9.11. The van der Waals surface area contributed by atoms with E-state index in [1.807, 2.05) is 0 Å². The standard InChI is InChI=1S/C13H11ClN2O3/c1-19-12-3-2-8(6-10(12)14)16-13(18)9-7-15-5-4-11(9)17/h2-7H,1H3,(H,15,17)(H,16,18). The Balaban J connectivity index is 2.22. The first-order valence-electron chi connectivity index (χ1n) is 5.44. The van der Waals surface area contributed by atoms with Gasteiger partial charge in [-0.3, -0.25) is 9.59 Å². The molecular formula is C13H11ClN2O3. The maximum Gasteiger partial charge on any atom is 0.261 e. The van der Waals surface area contributed by atoms with E-state index in [2.05, 4.69) is 10.3 Å². The number of ether oxygens (including phenoxy) is 1. The first-order valence-corrected chi connectivity index (χ1v) is 5.81. The molecule has 0 aliphatic carbocycles. The SMILES string of the molecule is COc1ccc(NC(=O)c2c[nH]ccc2=O)cc1Cl. The van der Waals surface area contributed by atoms with E-state index in [0.29, 0.717) is 16.5 Å². The van der Waals surface area contributed by atoms with Crippen molar-refractivity contribution in [3.8, 4) is 5.75 Å². The van der Waals surface area contributed by atoms with E-state index in [9.17, 15) is 9.59 Å². The fourth-order valence-corrected chi connectivity index (χ4v) is 1.79. The summed E-state index contributed by atoms with van der Waals surface area (Å²) in [6.45, 7) is 0. The molecule has 5 nitrogen and oxygen atoms in total. The largest absolute Gasteiger partial charge is 0.495 e. The molecule has 0 aliphatic heterocycles. The minimum Gasteiger partial charge on any atom is -0.495 e. The summed E-state index contributed by atoms with van der Waals surface area (Å²) in [5, 5.41) is 2.97. The number of aromatic nitrogens is 1. The van der Waals surface area contributed by atoms with Gasteiger partial charge in [0.05, 0.1) is 12.1 Å². The summed E-state index contributed by atoms with van der Waals surface area (Å²) in [4.78, 5) is 26.1. The molecule has 6 heteroatoms. The van der Waals surface area contributed by atoms with Gasteiger partial charge in [-0.2, -0.15) is 0 Å². The fourth-order valence-electron chi connectivity index (χ4n) is 1.54. The Bertz CT molecular complexity index is 667. The van der Waals surface area contributed by atoms with Gasteiger partial charge in [-0.25, -0.2) is 0 Å². The van der Waals surface area contributed by atoms with Crippen molar-refractivity contribution in [3.63, 3.8) is 0 Å². The highest BCUT2D eigenvalue weighted by Crippen LogP contribution is 2.27. The molecule has 1 heterocycles. The number of anilines is 1. The summed E-state index contributed by atoms with van der Waals surface area (Å²) in [6, 6.07) is 6.11. The second-order valence-electron chi connectivity index (χ2n) is 3.73. The molecule has 0 radical (unpaired) electrons. The van der Waals surface area contributed by atoms with Crippen LogP contribution in [0.4, 0.5) is 5.69 Å². The van der Waals surface area contributed by atoms with Crippen LogP contribution in [-0.2, 0) is 0 Å². The van der Waals surface area contributed by atoms with E-state index in [1.165, 1.54) is 25.6 Å². The molecular weight excluding hydrogens is 268 g/mol. The second kappa shape index (κ2) is 5.58. The molecule has 19 heavy (non-hydrogen) atoms. The van der Waals surface area contributed by atoms with E-state index >= 15 is 0 Å². The molecule has 0 fully saturated rings. The van der Waals surface area contributed by atoms with Crippen LogP contribution in [0.15, 0.2) is 41.5 Å². The van der Waals surface area contributed by atoms with Crippen LogP contribution in [0, 0.1) is 0 Å². The predicted octanol–water partition coefficient (Wildman–Crippen LogP) is 2.29. The van der Waals surface area contributed by atoms with Crippen LogP contribution in [0.5, 0.6) is 5.75 Å². The Morgan fingerprint density at radius 2 is 2.16 bits per heavy atom. The number of nitrogens with one attached hydrogen (secondary N) is 2. The van der Waals surface area contributed by atoms with Crippen molar-refractivity contribution in [2.45, 2.75) is 0 Å². The Morgan fingerprint density at radius 3 is 2.79 bits per heavy atom. The van der Waals surface area contributed by atoms with Gasteiger partial charge in [0, 0.05) is 24.1 Å². The number of amides is 1. The van der Waals surface area contributed by atoms with Gasteiger partial charge in [-0.15, -0.1) is 0 Å². The van der Waals surface area contributed by atoms with Crippen molar-refractivity contribution in [1.29, 1.82) is 0 Å². The van der Waals surface area contributed by atoms with Crippen molar-refractivity contribution in [3.05, 3.63) is 57.5 Å². The Kier molecular flexibility index (Phi) is 3.87. The van der Waals surface area contributed by atoms with Crippen molar-refractivity contribution in [2.75, 3.05) is 12.4 Å². The highest BCUT2D eigenvalue weighted by Gasteiger charge is 2.10. The normalized spacial score (nSPS) is 10.0. The van der Waals surface area contributed by atoms with Crippen molar-refractivity contribution >= 4 is 23.2 Å². The summed E-state index contributed by atoms with van der Waals surface area (Å²) < 4.78 is 5.01. The predicted molar refractivity (Wildman–Crippen MR) is 73.0 cm³/mol. The Hall–Kier alpha value is -2.27. The monoisotopic (exact) mass is 278 g/mol. The third-order valence-corrected chi connectivity index (χ3v) is 2.77. The topological polar surface area (TPSA) is 71.2 Å². The summed E-state index contributed by atoms with van der Waals surface area (Å²) in [5.41, 5.74) is 0.171. The van der Waals surface area contributed by atoms with Crippen molar-refractivity contribution in [2.24, 2.45) is 0 Å². The first kappa shape index (κ1) is 13.2. The molecule has 0 saturated carbocycles. The van der Waals surface area contributed by atoms with Crippen LogP contribution >= 0.6 is 11.6 Å². The number of H-pyrrole nitrogens is 1. The Labute approximate surface area is 114 Å². The van der Waals surface area contributed by atoms with Crippen LogP contribution in [0.1, 0.15) is 10.4 Å². The number of rotatable bonds is 3. The molecule has 0 aliphatic rings. The lowest BCUT2D eigenvalue weighted by molar-refractivity contribution is 0.102. The van der Waals surface area contributed by atoms with Gasteiger partial charge in [0.15, 0.2) is 5.43 Å². The summed E-state index contributed by atoms with van der Waals surface area (Å²) in [6.07, 6.45) is 2.81. The van der Waals surface area contributed by atoms with Gasteiger partial charge in [0.2, 0.25) is 0 Å². The average Bonchev–Trinajstić information content (AvgIpc) is 2.39. The number of pyridine rings is 1. The van der Waals surface area contributed by atoms with E-state index in [4.69, 9.17) is 16.3 Å². The molecule has 0 atom stereocenters. The van der Waals surface area contributed by atoms with Crippen molar-refractivity contribution in [1.82, 2.24) is 4.98 Å². The fraction of sp³-hybridized carbons (Fsp3) is 0.0769. The van der Waals surface area contributed by atoms with Gasteiger partial charge in [0.1, 0.15) is 11.3 Å². The number of hydrogen-bond donors (Lipinski definition) is 2. The minimum absolute atomic E-state index is 0.0365. The molecule has 0 unspecified atom stereocenters. The van der Waals surface area contributed by atoms with Gasteiger partial charge in [-0.05, 0) is 18.2 Å². The highest BCUT2D eigenvalue weighted by atomic mass is 35.5. The van der Waals surface area contributed by atoms with Crippen LogP contribution < -0.4 is 15.5 Å². The number of halogens is 1. The number of carbonyl (C=O) groups is 1. The molecule has 2 rings (SSSR count). The van der Waals surface area contributed by atoms with Gasteiger partial charge >= 0.3 is 0 Å². The maximum absolute atomic E-state index is 11.9. The van der Waals surface area contributed by atoms with Crippen LogP contribution in [-0.4, -0.2) is 18.0 Å². The molecule has 98 valence electrons. The van der Waals surface area contributed by atoms with E-state index in [1.54, 1.807) is 18.2 Å². The molecule has 0 spiro atoms. The zero-order valence-corrected chi connectivity index (χ0v) is 10.8. The lowest BCUT2D eigenvalue weighted by Crippen LogP contribution is -2.20. The van der Waals surface area contributed by atoms with Crippen LogP contribution in [0.3, 0.4) is 0 Å². The number of methoxy groups -OCH3 is 1. The third-order valence-electron chi connectivity index (χ3n) is 2.48. The number of benzene rings is 1. The number of aromatic amines is 1. The average molecular weight is 279 g/mol. The Morgan fingerprint density at radius 1 is 1.37 bits per heavy atom. The third kappa shape index (κ3) is 2.95.